The number of methoxy groups -OCH3 is 2. The summed E-state index contributed by atoms with van der Waals surface area (Å²) >= 11 is 0. The fourth-order valence-corrected chi connectivity index (χ4v) is 5.79. The van der Waals surface area contributed by atoms with Crippen LogP contribution in [0.3, 0.4) is 0 Å². The van der Waals surface area contributed by atoms with E-state index in [9.17, 15) is 15.0 Å². The minimum atomic E-state index is -1.66. The van der Waals surface area contributed by atoms with Crippen molar-refractivity contribution < 1.29 is 48.5 Å². The topological polar surface area (TPSA) is 145 Å². The second-order valence-corrected chi connectivity index (χ2v) is 11.4. The first-order chi connectivity index (χ1) is 17.9. The minimum Gasteiger partial charge on any atom is -0.396 e. The molecule has 11 heteroatoms. The van der Waals surface area contributed by atoms with Crippen molar-refractivity contribution in [3.63, 3.8) is 0 Å². The molecule has 0 spiro atoms. The summed E-state index contributed by atoms with van der Waals surface area (Å²) < 4.78 is 35.5. The largest absolute Gasteiger partial charge is 0.396 e. The number of fused-ring (bicyclic) bond motifs is 1. The van der Waals surface area contributed by atoms with Crippen LogP contribution in [0.5, 0.6) is 0 Å². The van der Waals surface area contributed by atoms with Gasteiger partial charge in [-0.25, -0.2) is 0 Å². The van der Waals surface area contributed by atoms with Gasteiger partial charge in [0.1, 0.15) is 19.0 Å². The van der Waals surface area contributed by atoms with Gasteiger partial charge in [0.25, 0.3) is 5.91 Å². The maximum atomic E-state index is 13.3. The van der Waals surface area contributed by atoms with Crippen molar-refractivity contribution in [3.8, 4) is 0 Å². The molecule has 0 unspecified atom stereocenters. The Bertz CT molecular complexity index is 809. The molecule has 38 heavy (non-hydrogen) atoms. The van der Waals surface area contributed by atoms with Gasteiger partial charge in [-0.15, -0.1) is 0 Å². The zero-order valence-corrected chi connectivity index (χ0v) is 23.6. The minimum absolute atomic E-state index is 0.0500. The lowest BCUT2D eigenvalue weighted by Gasteiger charge is -2.54. The monoisotopic (exact) mass is 545 g/mol. The Kier molecular flexibility index (Phi) is 10.7. The zero-order chi connectivity index (χ0) is 28.3. The molecule has 0 aromatic heterocycles. The number of aliphatic hydroxyl groups excluding tert-OH is 3. The van der Waals surface area contributed by atoms with E-state index in [1.165, 1.54) is 7.11 Å². The average Bonchev–Trinajstić information content (AvgIpc) is 2.87. The van der Waals surface area contributed by atoms with Crippen molar-refractivity contribution in [2.45, 2.75) is 115 Å². The molecule has 11 nitrogen and oxygen atoms in total. The summed E-state index contributed by atoms with van der Waals surface area (Å²) in [7, 11) is 2.98. The van der Waals surface area contributed by atoms with E-state index < -0.39 is 60.0 Å². The molecule has 0 radical (unpaired) electrons. The van der Waals surface area contributed by atoms with Crippen LogP contribution in [0.1, 0.15) is 59.8 Å². The maximum absolute atomic E-state index is 13.3. The van der Waals surface area contributed by atoms with Gasteiger partial charge in [0.15, 0.2) is 12.3 Å². The Hall–Kier alpha value is -1.15. The van der Waals surface area contributed by atoms with Gasteiger partial charge >= 0.3 is 0 Å². The normalized spacial score (nSPS) is 38.8. The van der Waals surface area contributed by atoms with Crippen LogP contribution in [0.25, 0.3) is 0 Å². The van der Waals surface area contributed by atoms with Crippen molar-refractivity contribution in [2.24, 2.45) is 11.3 Å². The van der Waals surface area contributed by atoms with Crippen LogP contribution in [-0.4, -0.2) is 104 Å². The van der Waals surface area contributed by atoms with Gasteiger partial charge in [-0.2, -0.15) is 0 Å². The van der Waals surface area contributed by atoms with E-state index in [0.717, 1.165) is 5.57 Å². The lowest BCUT2D eigenvalue weighted by Crippen LogP contribution is -2.69. The number of carbonyl (C=O) groups is 1. The van der Waals surface area contributed by atoms with E-state index in [1.54, 1.807) is 7.11 Å². The van der Waals surface area contributed by atoms with Gasteiger partial charge in [-0.1, -0.05) is 32.9 Å². The van der Waals surface area contributed by atoms with Crippen LogP contribution in [0, 0.1) is 11.3 Å². The van der Waals surface area contributed by atoms with Gasteiger partial charge < -0.3 is 49.1 Å². The highest BCUT2D eigenvalue weighted by Crippen LogP contribution is 2.44. The first-order valence-electron chi connectivity index (χ1n) is 13.5. The van der Waals surface area contributed by atoms with E-state index >= 15 is 0 Å². The Morgan fingerprint density at radius 2 is 1.89 bits per heavy atom. The highest BCUT2D eigenvalue weighted by Gasteiger charge is 2.57. The van der Waals surface area contributed by atoms with E-state index in [1.807, 2.05) is 27.7 Å². The molecule has 0 saturated carbocycles. The van der Waals surface area contributed by atoms with Crippen LogP contribution >= 0.6 is 0 Å². The summed E-state index contributed by atoms with van der Waals surface area (Å²) in [5.74, 6) is -2.27. The molecular weight excluding hydrogens is 498 g/mol. The zero-order valence-electron chi connectivity index (χ0n) is 23.6. The summed E-state index contributed by atoms with van der Waals surface area (Å²) in [5, 5.41) is 33.5. The molecule has 0 aromatic carbocycles. The molecular formula is C27H47NO10. The highest BCUT2D eigenvalue weighted by atomic mass is 16.7. The fraction of sp³-hybridized carbons (Fsp3) is 0.889. The molecule has 10 atom stereocenters. The van der Waals surface area contributed by atoms with Crippen LogP contribution in [-0.2, 0) is 33.2 Å². The Morgan fingerprint density at radius 1 is 1.18 bits per heavy atom. The van der Waals surface area contributed by atoms with Crippen LogP contribution in [0.15, 0.2) is 12.2 Å². The number of aliphatic hydroxyl groups is 3. The van der Waals surface area contributed by atoms with E-state index in [2.05, 4.69) is 11.9 Å². The number of rotatable bonds is 11. The summed E-state index contributed by atoms with van der Waals surface area (Å²) in [6, 6.07) is 0. The van der Waals surface area contributed by atoms with Gasteiger partial charge in [0.2, 0.25) is 5.79 Å². The van der Waals surface area contributed by atoms with Crippen molar-refractivity contribution >= 4 is 5.91 Å². The number of carbonyl (C=O) groups excluding carboxylic acids is 1. The average molecular weight is 546 g/mol. The lowest BCUT2D eigenvalue weighted by molar-refractivity contribution is -0.332. The Labute approximate surface area is 225 Å². The second-order valence-electron chi connectivity index (χ2n) is 11.4. The van der Waals surface area contributed by atoms with Crippen molar-refractivity contribution in [2.75, 3.05) is 27.6 Å². The molecule has 3 saturated heterocycles. The quantitative estimate of drug-likeness (QED) is 0.221. The highest BCUT2D eigenvalue weighted by molar-refractivity contribution is 5.82. The Morgan fingerprint density at radius 3 is 2.50 bits per heavy atom. The van der Waals surface area contributed by atoms with Crippen LogP contribution in [0.4, 0.5) is 0 Å². The molecule has 220 valence electrons. The van der Waals surface area contributed by atoms with E-state index in [-0.39, 0.29) is 31.8 Å². The molecule has 1 amide bonds. The summed E-state index contributed by atoms with van der Waals surface area (Å²) in [6.45, 7) is 11.9. The fourth-order valence-electron chi connectivity index (χ4n) is 5.79. The third kappa shape index (κ3) is 6.42. The van der Waals surface area contributed by atoms with E-state index in [0.29, 0.717) is 25.7 Å². The second kappa shape index (κ2) is 13.0. The molecule has 0 bridgehead atoms. The van der Waals surface area contributed by atoms with Gasteiger partial charge in [-0.05, 0) is 26.2 Å². The molecule has 3 aliphatic rings. The standard InChI is InChI=1S/C27H47NO10/c1-15-13-27(34-7,38-17(3)16(15)2)22(31)24(32)28-25-21-20(35-14-36-25)23(33-6)26(4,5)19(37-21)12-18(30)10-8-9-11-29/h16-23,25,29-31H,1,8-14H2,2-7H3,(H,28,32)/t16-,17-,18-,19-,20+,21+,22+,23-,25+,27-/m1/s1. The summed E-state index contributed by atoms with van der Waals surface area (Å²) in [6.07, 6.45) is -3.38. The maximum Gasteiger partial charge on any atom is 0.256 e. The molecule has 0 aliphatic carbocycles. The predicted molar refractivity (Wildman–Crippen MR) is 137 cm³/mol. The molecule has 3 aliphatic heterocycles. The number of amides is 1. The first kappa shape index (κ1) is 31.4. The number of nitrogens with one attached hydrogen (secondary N) is 1. The number of hydrogen-bond donors (Lipinski definition) is 4. The third-order valence-corrected chi connectivity index (χ3v) is 8.50. The summed E-state index contributed by atoms with van der Waals surface area (Å²) in [5.41, 5.74) is 0.295. The smallest absolute Gasteiger partial charge is 0.256 e. The molecule has 4 N–H and O–H groups in total. The Balaban J connectivity index is 1.76. The summed E-state index contributed by atoms with van der Waals surface area (Å²) in [4.78, 5) is 13.3. The number of ether oxygens (including phenoxy) is 6. The van der Waals surface area contributed by atoms with Crippen molar-refractivity contribution in [1.29, 1.82) is 0 Å². The van der Waals surface area contributed by atoms with Crippen molar-refractivity contribution in [3.05, 3.63) is 12.2 Å². The first-order valence-corrected chi connectivity index (χ1v) is 13.5. The molecule has 3 heterocycles. The SMILES string of the molecule is C=C1C[C@](OC)([C@@H](O)C(=O)N[C@H]2OCO[C@H]3[C@@H]2O[C@H](C[C@H](O)CCCCO)C(C)(C)[C@@H]3OC)O[C@H](C)[C@@H]1C. The molecule has 0 aromatic rings. The molecule has 3 fully saturated rings. The molecule has 3 rings (SSSR count). The third-order valence-electron chi connectivity index (χ3n) is 8.50. The van der Waals surface area contributed by atoms with Gasteiger partial charge in [-0.3, -0.25) is 4.79 Å². The van der Waals surface area contributed by atoms with Crippen molar-refractivity contribution in [1.82, 2.24) is 5.32 Å². The number of hydrogen-bond acceptors (Lipinski definition) is 10. The van der Waals surface area contributed by atoms with E-state index in [4.69, 9.17) is 33.5 Å². The predicted octanol–water partition coefficient (Wildman–Crippen LogP) is 1.23. The number of unbranched alkanes of at least 4 members (excludes halogenated alkanes) is 1. The van der Waals surface area contributed by atoms with Gasteiger partial charge in [0, 0.05) is 45.0 Å². The van der Waals surface area contributed by atoms with Crippen LogP contribution < -0.4 is 5.32 Å². The van der Waals surface area contributed by atoms with Gasteiger partial charge in [0.05, 0.1) is 24.4 Å². The van der Waals surface area contributed by atoms with Crippen LogP contribution in [0.2, 0.25) is 0 Å². The lowest BCUT2D eigenvalue weighted by atomic mass is 9.72.